The molecule has 10 heteroatoms. The monoisotopic (exact) mass is 820 g/mol. The molecule has 2 atom stereocenters. The molecular weight excluding hydrogens is 737 g/mol. The Labute approximate surface area is 348 Å². The number of carbonyl (C=O) groups excluding carboxylic acids is 2. The number of allylic oxidation sites excluding steroid dienone is 12. The van der Waals surface area contributed by atoms with Gasteiger partial charge in [-0.05, 0) is 83.5 Å². The van der Waals surface area contributed by atoms with Crippen LogP contribution in [0, 0.1) is 0 Å². The number of esters is 2. The van der Waals surface area contributed by atoms with Crippen LogP contribution in [0.5, 0.6) is 0 Å². The first-order valence-corrected chi connectivity index (χ1v) is 23.9. The van der Waals surface area contributed by atoms with E-state index in [1.807, 2.05) is 0 Å². The van der Waals surface area contributed by atoms with Gasteiger partial charge in [0.2, 0.25) is 0 Å². The Bertz CT molecular complexity index is 1160. The second-order valence-electron chi connectivity index (χ2n) is 14.6. The highest BCUT2D eigenvalue weighted by molar-refractivity contribution is 7.47. The summed E-state index contributed by atoms with van der Waals surface area (Å²) in [6.45, 7) is 3.61. The molecule has 0 aromatic heterocycles. The van der Waals surface area contributed by atoms with Crippen molar-refractivity contribution < 1.29 is 37.6 Å². The first-order chi connectivity index (χ1) is 27.8. The van der Waals surface area contributed by atoms with Crippen molar-refractivity contribution in [2.75, 3.05) is 26.4 Å². The average molecular weight is 820 g/mol. The van der Waals surface area contributed by atoms with Gasteiger partial charge in [0.25, 0.3) is 0 Å². The number of hydrogen-bond acceptors (Lipinski definition) is 8. The summed E-state index contributed by atoms with van der Waals surface area (Å²) in [5, 5.41) is 0. The van der Waals surface area contributed by atoms with Gasteiger partial charge in [-0.1, -0.05) is 157 Å². The number of nitrogens with two attached hydrogens (primary N) is 1. The molecule has 328 valence electrons. The minimum Gasteiger partial charge on any atom is -0.462 e. The van der Waals surface area contributed by atoms with Crippen LogP contribution in [0.15, 0.2) is 72.9 Å². The van der Waals surface area contributed by atoms with E-state index in [1.165, 1.54) is 83.5 Å². The van der Waals surface area contributed by atoms with Crippen LogP contribution in [-0.2, 0) is 32.7 Å². The quantitative estimate of drug-likeness (QED) is 0.0267. The third-order valence-electron chi connectivity index (χ3n) is 9.06. The van der Waals surface area contributed by atoms with Crippen molar-refractivity contribution in [2.45, 2.75) is 187 Å². The van der Waals surface area contributed by atoms with E-state index < -0.39 is 32.5 Å². The molecule has 0 aromatic rings. The Morgan fingerprint density at radius 2 is 0.930 bits per heavy atom. The van der Waals surface area contributed by atoms with E-state index in [0.29, 0.717) is 12.8 Å². The van der Waals surface area contributed by atoms with Gasteiger partial charge in [-0.2, -0.15) is 0 Å². The van der Waals surface area contributed by atoms with Crippen molar-refractivity contribution in [1.82, 2.24) is 0 Å². The van der Waals surface area contributed by atoms with Crippen LogP contribution in [0.3, 0.4) is 0 Å². The molecule has 0 aliphatic rings. The van der Waals surface area contributed by atoms with Crippen LogP contribution in [-0.4, -0.2) is 49.3 Å². The lowest BCUT2D eigenvalue weighted by atomic mass is 10.1. The van der Waals surface area contributed by atoms with Crippen molar-refractivity contribution in [2.24, 2.45) is 5.73 Å². The van der Waals surface area contributed by atoms with Crippen LogP contribution < -0.4 is 5.73 Å². The molecule has 0 radical (unpaired) electrons. The van der Waals surface area contributed by atoms with Gasteiger partial charge in [-0.15, -0.1) is 0 Å². The maximum atomic E-state index is 12.6. The molecule has 0 bridgehead atoms. The summed E-state index contributed by atoms with van der Waals surface area (Å²) >= 11 is 0. The Kier molecular flexibility index (Phi) is 41.1. The molecular formula is C47H82NO8P. The first-order valence-electron chi connectivity index (χ1n) is 22.4. The lowest BCUT2D eigenvalue weighted by Gasteiger charge is -2.19. The van der Waals surface area contributed by atoms with Crippen molar-refractivity contribution in [3.63, 3.8) is 0 Å². The molecule has 0 aliphatic heterocycles. The van der Waals surface area contributed by atoms with Crippen molar-refractivity contribution in [3.05, 3.63) is 72.9 Å². The van der Waals surface area contributed by atoms with Crippen LogP contribution in [0.4, 0.5) is 0 Å². The zero-order chi connectivity index (χ0) is 41.8. The number of phosphoric ester groups is 1. The molecule has 0 saturated carbocycles. The zero-order valence-electron chi connectivity index (χ0n) is 36.0. The number of rotatable bonds is 41. The fraction of sp³-hybridized carbons (Fsp3) is 0.702. The molecule has 0 amide bonds. The maximum absolute atomic E-state index is 12.6. The van der Waals surface area contributed by atoms with E-state index in [1.54, 1.807) is 0 Å². The normalized spacial score (nSPS) is 14.0. The van der Waals surface area contributed by atoms with Gasteiger partial charge in [0.05, 0.1) is 13.2 Å². The van der Waals surface area contributed by atoms with E-state index in [-0.39, 0.29) is 32.6 Å². The predicted molar refractivity (Wildman–Crippen MR) is 238 cm³/mol. The number of hydrogen-bond donors (Lipinski definition) is 2. The van der Waals surface area contributed by atoms with E-state index in [9.17, 15) is 19.0 Å². The molecule has 1 unspecified atom stereocenters. The summed E-state index contributed by atoms with van der Waals surface area (Å²) in [4.78, 5) is 34.9. The fourth-order valence-corrected chi connectivity index (χ4v) is 6.48. The lowest BCUT2D eigenvalue weighted by molar-refractivity contribution is -0.161. The molecule has 0 saturated heterocycles. The molecule has 0 spiro atoms. The standard InChI is InChI=1S/C47H82NO8P/c1-3-5-7-9-11-13-15-17-19-21-22-24-26-28-30-32-34-36-38-40-47(50)56-45(44-55-57(51,52)54-42-41-48)43-53-46(49)39-37-35-33-31-29-27-25-23-20-18-16-14-12-10-8-6-4-2/h11,13,17,19,22,24-25,27-28,30-31,33,45H,3-10,12,14-16,18,20-21,23,26,29,32,34-44,48H2,1-2H3,(H,51,52)/b13-11+,19-17+,24-22+,27-25+,30-28+,33-31+/t45-/m1/s1. The number of ether oxygens (including phenoxy) is 2. The molecule has 0 fully saturated rings. The smallest absolute Gasteiger partial charge is 0.462 e. The summed E-state index contributed by atoms with van der Waals surface area (Å²) in [5.74, 6) is -0.922. The topological polar surface area (TPSA) is 134 Å². The lowest BCUT2D eigenvalue weighted by Crippen LogP contribution is -2.29. The van der Waals surface area contributed by atoms with Crippen molar-refractivity contribution >= 4 is 19.8 Å². The third kappa shape index (κ3) is 42.9. The molecule has 9 nitrogen and oxygen atoms in total. The molecule has 0 aromatic carbocycles. The van der Waals surface area contributed by atoms with Gasteiger partial charge in [0, 0.05) is 19.4 Å². The van der Waals surface area contributed by atoms with Gasteiger partial charge in [0.15, 0.2) is 6.10 Å². The Morgan fingerprint density at radius 1 is 0.526 bits per heavy atom. The summed E-state index contributed by atoms with van der Waals surface area (Å²) in [6.07, 6.45) is 52.3. The first kappa shape index (κ1) is 54.5. The largest absolute Gasteiger partial charge is 0.472 e. The van der Waals surface area contributed by atoms with E-state index in [2.05, 4.69) is 86.8 Å². The van der Waals surface area contributed by atoms with Crippen LogP contribution in [0.25, 0.3) is 0 Å². The van der Waals surface area contributed by atoms with Gasteiger partial charge < -0.3 is 20.1 Å². The summed E-state index contributed by atoms with van der Waals surface area (Å²) in [7, 11) is -4.40. The van der Waals surface area contributed by atoms with Crippen molar-refractivity contribution in [3.8, 4) is 0 Å². The molecule has 0 rings (SSSR count). The molecule has 0 heterocycles. The van der Waals surface area contributed by atoms with Crippen LogP contribution >= 0.6 is 7.82 Å². The van der Waals surface area contributed by atoms with Crippen LogP contribution in [0.1, 0.15) is 181 Å². The summed E-state index contributed by atoms with van der Waals surface area (Å²) in [5.41, 5.74) is 5.34. The van der Waals surface area contributed by atoms with Gasteiger partial charge >= 0.3 is 19.8 Å². The minimum atomic E-state index is -4.40. The Morgan fingerprint density at radius 3 is 1.44 bits per heavy atom. The maximum Gasteiger partial charge on any atom is 0.472 e. The highest BCUT2D eigenvalue weighted by atomic mass is 31.2. The van der Waals surface area contributed by atoms with Gasteiger partial charge in [-0.25, -0.2) is 4.57 Å². The summed E-state index contributed by atoms with van der Waals surface area (Å²) in [6, 6.07) is 0. The summed E-state index contributed by atoms with van der Waals surface area (Å²) < 4.78 is 32.7. The van der Waals surface area contributed by atoms with Crippen molar-refractivity contribution in [1.29, 1.82) is 0 Å². The predicted octanol–water partition coefficient (Wildman–Crippen LogP) is 13.1. The second kappa shape index (κ2) is 43.0. The molecule has 0 aliphatic carbocycles. The minimum absolute atomic E-state index is 0.0393. The van der Waals surface area contributed by atoms with E-state index >= 15 is 0 Å². The number of phosphoric acid groups is 1. The SMILES string of the molecule is CCCCC/C=C/C/C=C/C/C=C/C/C=C/CCCCCC(=O)O[C@H](COC(=O)CCC/C=C/C/C=C/CCCCCCCCCCC)COP(=O)(O)OCCN. The highest BCUT2D eigenvalue weighted by Gasteiger charge is 2.25. The second-order valence-corrected chi connectivity index (χ2v) is 16.0. The molecule has 3 N–H and O–H groups in total. The van der Waals surface area contributed by atoms with Crippen LogP contribution in [0.2, 0.25) is 0 Å². The molecule has 57 heavy (non-hydrogen) atoms. The number of carbonyl (C=O) groups is 2. The Hall–Kier alpha value is -2.55. The van der Waals surface area contributed by atoms with Gasteiger partial charge in [-0.3, -0.25) is 18.6 Å². The zero-order valence-corrected chi connectivity index (χ0v) is 36.9. The number of unbranched alkanes of at least 4 members (excludes halogenated alkanes) is 16. The van der Waals surface area contributed by atoms with Gasteiger partial charge in [0.1, 0.15) is 6.61 Å². The third-order valence-corrected chi connectivity index (χ3v) is 10.0. The average Bonchev–Trinajstić information content (AvgIpc) is 3.20. The Balaban J connectivity index is 4.28. The van der Waals surface area contributed by atoms with E-state index in [4.69, 9.17) is 24.3 Å². The van der Waals surface area contributed by atoms with E-state index in [0.717, 1.165) is 57.8 Å². The fourth-order valence-electron chi connectivity index (χ4n) is 5.71. The highest BCUT2D eigenvalue weighted by Crippen LogP contribution is 2.43.